The maximum atomic E-state index is 12.2. The molecule has 25 heavy (non-hydrogen) atoms. The number of carbonyl (C=O) groups excluding carboxylic acids is 1. The van der Waals surface area contributed by atoms with Crippen molar-refractivity contribution in [2.45, 2.75) is 12.5 Å². The number of hydroxylamine groups is 1. The lowest BCUT2D eigenvalue weighted by Crippen LogP contribution is -2.27. The van der Waals surface area contributed by atoms with Gasteiger partial charge in [0.2, 0.25) is 0 Å². The number of hydrogen-bond acceptors (Lipinski definition) is 3. The van der Waals surface area contributed by atoms with E-state index in [2.05, 4.69) is 17.4 Å². The van der Waals surface area contributed by atoms with Gasteiger partial charge in [0.15, 0.2) is 0 Å². The fourth-order valence-corrected chi connectivity index (χ4v) is 2.83. The lowest BCUT2D eigenvalue weighted by atomic mass is 9.90. The maximum Gasteiger partial charge on any atom is 0.255 e. The van der Waals surface area contributed by atoms with Gasteiger partial charge in [-0.1, -0.05) is 72.8 Å². The molecule has 0 saturated heterocycles. The zero-order valence-corrected chi connectivity index (χ0v) is 13.7. The monoisotopic (exact) mass is 332 g/mol. The summed E-state index contributed by atoms with van der Waals surface area (Å²) in [7, 11) is 0. The number of amides is 1. The molecule has 3 rings (SSSR count). The smallest absolute Gasteiger partial charge is 0.255 e. The van der Waals surface area contributed by atoms with E-state index < -0.39 is 11.8 Å². The van der Waals surface area contributed by atoms with Crippen molar-refractivity contribution in [3.05, 3.63) is 102 Å². The number of benzene rings is 3. The molecule has 4 nitrogen and oxygen atoms in total. The molecule has 0 heterocycles. The number of carbonyl (C=O) groups is 1. The van der Waals surface area contributed by atoms with E-state index in [1.807, 2.05) is 72.8 Å². The van der Waals surface area contributed by atoms with Gasteiger partial charge in [0.05, 0.1) is 5.92 Å². The Morgan fingerprint density at radius 1 is 0.840 bits per heavy atom. The SMILES string of the molecule is O=C(NO)C(c1ccccc1)c1cccc(NCc2ccccc2)c1. The molecule has 4 heteroatoms. The summed E-state index contributed by atoms with van der Waals surface area (Å²) >= 11 is 0. The molecule has 3 aromatic rings. The minimum absolute atomic E-state index is 0.452. The van der Waals surface area contributed by atoms with E-state index in [9.17, 15) is 4.79 Å². The summed E-state index contributed by atoms with van der Waals surface area (Å²) in [5, 5.41) is 12.5. The third kappa shape index (κ3) is 4.25. The molecular weight excluding hydrogens is 312 g/mol. The second kappa shape index (κ2) is 8.13. The van der Waals surface area contributed by atoms with Crippen LogP contribution in [0.25, 0.3) is 0 Å². The molecule has 0 aliphatic rings. The first-order valence-electron chi connectivity index (χ1n) is 8.14. The molecule has 3 N–H and O–H groups in total. The van der Waals surface area contributed by atoms with E-state index in [0.29, 0.717) is 6.54 Å². The molecule has 0 spiro atoms. The van der Waals surface area contributed by atoms with Crippen LogP contribution < -0.4 is 10.8 Å². The van der Waals surface area contributed by atoms with Gasteiger partial charge in [-0.15, -0.1) is 0 Å². The van der Waals surface area contributed by atoms with E-state index in [4.69, 9.17) is 5.21 Å². The molecule has 0 aromatic heterocycles. The van der Waals surface area contributed by atoms with Gasteiger partial charge in [-0.05, 0) is 28.8 Å². The minimum Gasteiger partial charge on any atom is -0.381 e. The van der Waals surface area contributed by atoms with Crippen molar-refractivity contribution in [2.75, 3.05) is 5.32 Å². The molecule has 126 valence electrons. The van der Waals surface area contributed by atoms with E-state index in [1.165, 1.54) is 5.56 Å². The van der Waals surface area contributed by atoms with Crippen molar-refractivity contribution in [3.8, 4) is 0 Å². The van der Waals surface area contributed by atoms with Crippen LogP contribution in [-0.4, -0.2) is 11.1 Å². The van der Waals surface area contributed by atoms with Crippen molar-refractivity contribution in [1.29, 1.82) is 0 Å². The molecule has 1 amide bonds. The summed E-state index contributed by atoms with van der Waals surface area (Å²) in [6.45, 7) is 0.701. The lowest BCUT2D eigenvalue weighted by Gasteiger charge is -2.17. The predicted molar refractivity (Wildman–Crippen MR) is 98.4 cm³/mol. The Kier molecular flexibility index (Phi) is 5.44. The topological polar surface area (TPSA) is 61.4 Å². The first-order valence-corrected chi connectivity index (χ1v) is 8.14. The molecule has 0 aliphatic heterocycles. The maximum absolute atomic E-state index is 12.2. The Balaban J connectivity index is 1.84. The normalized spacial score (nSPS) is 11.6. The summed E-state index contributed by atoms with van der Waals surface area (Å²) in [6, 6.07) is 27.2. The van der Waals surface area contributed by atoms with Crippen LogP contribution in [0.15, 0.2) is 84.9 Å². The highest BCUT2D eigenvalue weighted by Crippen LogP contribution is 2.27. The Morgan fingerprint density at radius 2 is 1.48 bits per heavy atom. The second-order valence-corrected chi connectivity index (χ2v) is 5.78. The minimum atomic E-state index is -0.565. The molecule has 1 atom stereocenters. The average molecular weight is 332 g/mol. The Morgan fingerprint density at radius 3 is 2.16 bits per heavy atom. The zero-order valence-electron chi connectivity index (χ0n) is 13.7. The van der Waals surface area contributed by atoms with E-state index >= 15 is 0 Å². The number of anilines is 1. The molecule has 0 bridgehead atoms. The van der Waals surface area contributed by atoms with Gasteiger partial charge in [0.1, 0.15) is 0 Å². The molecule has 3 aromatic carbocycles. The summed E-state index contributed by atoms with van der Waals surface area (Å²) in [5.74, 6) is -1.02. The molecule has 0 radical (unpaired) electrons. The first-order chi connectivity index (χ1) is 12.3. The Bertz CT molecular complexity index is 820. The number of rotatable bonds is 6. The summed E-state index contributed by atoms with van der Waals surface area (Å²) in [6.07, 6.45) is 0. The lowest BCUT2D eigenvalue weighted by molar-refractivity contribution is -0.129. The molecule has 1 unspecified atom stereocenters. The van der Waals surface area contributed by atoms with Crippen LogP contribution in [0, 0.1) is 0 Å². The quantitative estimate of drug-likeness (QED) is 0.473. The number of hydrogen-bond donors (Lipinski definition) is 3. The molecule has 0 saturated carbocycles. The first kappa shape index (κ1) is 16.7. The Hall–Kier alpha value is -3.11. The molecule has 0 aliphatic carbocycles. The van der Waals surface area contributed by atoms with Crippen LogP contribution in [0.3, 0.4) is 0 Å². The largest absolute Gasteiger partial charge is 0.381 e. The molecule has 0 fully saturated rings. The van der Waals surface area contributed by atoms with Crippen molar-refractivity contribution >= 4 is 11.6 Å². The van der Waals surface area contributed by atoms with Crippen molar-refractivity contribution < 1.29 is 10.0 Å². The highest BCUT2D eigenvalue weighted by molar-refractivity contribution is 5.86. The summed E-state index contributed by atoms with van der Waals surface area (Å²) in [4.78, 5) is 12.2. The van der Waals surface area contributed by atoms with Crippen LogP contribution in [0.2, 0.25) is 0 Å². The summed E-state index contributed by atoms with van der Waals surface area (Å²) < 4.78 is 0. The van der Waals surface area contributed by atoms with E-state index in [0.717, 1.165) is 16.8 Å². The van der Waals surface area contributed by atoms with Gasteiger partial charge in [0, 0.05) is 12.2 Å². The van der Waals surface area contributed by atoms with Gasteiger partial charge in [-0.2, -0.15) is 0 Å². The Labute approximate surface area is 147 Å². The van der Waals surface area contributed by atoms with Crippen LogP contribution >= 0.6 is 0 Å². The predicted octanol–water partition coefficient (Wildman–Crippen LogP) is 3.94. The third-order valence-corrected chi connectivity index (χ3v) is 4.06. The standard InChI is InChI=1S/C21H20N2O2/c24-21(23-25)20(17-10-5-2-6-11-17)18-12-7-13-19(14-18)22-15-16-8-3-1-4-9-16/h1-14,20,22,25H,15H2,(H,23,24). The van der Waals surface area contributed by atoms with Gasteiger partial charge < -0.3 is 5.32 Å². The van der Waals surface area contributed by atoms with Crippen molar-refractivity contribution in [2.24, 2.45) is 0 Å². The fourth-order valence-electron chi connectivity index (χ4n) is 2.83. The van der Waals surface area contributed by atoms with E-state index in [-0.39, 0.29) is 0 Å². The van der Waals surface area contributed by atoms with Crippen LogP contribution in [0.1, 0.15) is 22.6 Å². The van der Waals surface area contributed by atoms with Crippen molar-refractivity contribution in [1.82, 2.24) is 5.48 Å². The highest BCUT2D eigenvalue weighted by atomic mass is 16.5. The van der Waals surface area contributed by atoms with Crippen LogP contribution in [0.4, 0.5) is 5.69 Å². The van der Waals surface area contributed by atoms with Crippen molar-refractivity contribution in [3.63, 3.8) is 0 Å². The average Bonchev–Trinajstić information content (AvgIpc) is 2.68. The highest BCUT2D eigenvalue weighted by Gasteiger charge is 2.22. The van der Waals surface area contributed by atoms with Gasteiger partial charge >= 0.3 is 0 Å². The van der Waals surface area contributed by atoms with Gasteiger partial charge in [-0.3, -0.25) is 10.0 Å². The van der Waals surface area contributed by atoms with Crippen LogP contribution in [-0.2, 0) is 11.3 Å². The third-order valence-electron chi connectivity index (χ3n) is 4.06. The van der Waals surface area contributed by atoms with Crippen LogP contribution in [0.5, 0.6) is 0 Å². The van der Waals surface area contributed by atoms with Gasteiger partial charge in [0.25, 0.3) is 5.91 Å². The van der Waals surface area contributed by atoms with E-state index in [1.54, 1.807) is 5.48 Å². The zero-order chi connectivity index (χ0) is 17.5. The summed E-state index contributed by atoms with van der Waals surface area (Å²) in [5.41, 5.74) is 5.53. The second-order valence-electron chi connectivity index (χ2n) is 5.78. The molecular formula is C21H20N2O2. The number of nitrogens with one attached hydrogen (secondary N) is 2. The fraction of sp³-hybridized carbons (Fsp3) is 0.0952. The van der Waals surface area contributed by atoms with Gasteiger partial charge in [-0.25, -0.2) is 5.48 Å².